The normalized spacial score (nSPS) is 16.5. The average Bonchev–Trinajstić information content (AvgIpc) is 2.63. The van der Waals surface area contributed by atoms with Crippen molar-refractivity contribution in [3.05, 3.63) is 76.3 Å². The van der Waals surface area contributed by atoms with E-state index in [9.17, 15) is 18.0 Å². The molecule has 8 heteroatoms. The molecule has 0 aromatic heterocycles. The number of rotatable bonds is 6. The van der Waals surface area contributed by atoms with Crippen LogP contribution in [-0.4, -0.2) is 30.1 Å². The van der Waals surface area contributed by atoms with Crippen molar-refractivity contribution in [1.29, 1.82) is 0 Å². The molecule has 1 atom stereocenters. The maximum atomic E-state index is 14.2. The Morgan fingerprint density at radius 3 is 2.32 bits per heavy atom. The predicted octanol–water partition coefficient (Wildman–Crippen LogP) is 5.35. The zero-order chi connectivity index (χ0) is 23.0. The summed E-state index contributed by atoms with van der Waals surface area (Å²) < 4.78 is 42.6. The summed E-state index contributed by atoms with van der Waals surface area (Å²) in [5, 5.41) is 0.163. The van der Waals surface area contributed by atoms with Gasteiger partial charge in [-0.15, -0.1) is 0 Å². The molecular weight excluding hydrogens is 429 g/mol. The van der Waals surface area contributed by atoms with Gasteiger partial charge >= 0.3 is 6.18 Å². The van der Waals surface area contributed by atoms with E-state index in [-0.39, 0.29) is 28.0 Å². The number of amides is 1. The molecule has 4 nitrogen and oxygen atoms in total. The van der Waals surface area contributed by atoms with Gasteiger partial charge in [0.1, 0.15) is 0 Å². The van der Waals surface area contributed by atoms with Crippen LogP contribution in [0, 0.1) is 6.92 Å². The van der Waals surface area contributed by atoms with Gasteiger partial charge in [-0.2, -0.15) is 13.2 Å². The average molecular weight is 453 g/mol. The van der Waals surface area contributed by atoms with Crippen LogP contribution in [0.4, 0.5) is 13.2 Å². The number of likely N-dealkylation sites (tertiary alicyclic amines) is 1. The molecule has 1 heterocycles. The molecular formula is C23H24ClF3N2O2. The number of aryl methyl sites for hydroxylation is 1. The van der Waals surface area contributed by atoms with Gasteiger partial charge in [-0.25, -0.2) is 5.90 Å². The third-order valence-electron chi connectivity index (χ3n) is 5.75. The number of halogens is 4. The van der Waals surface area contributed by atoms with Crippen LogP contribution in [0.5, 0.6) is 0 Å². The Morgan fingerprint density at radius 2 is 1.84 bits per heavy atom. The van der Waals surface area contributed by atoms with Crippen molar-refractivity contribution in [2.45, 2.75) is 38.0 Å². The topological polar surface area (TPSA) is 55.6 Å². The number of carbonyl (C=O) groups excluding carboxylic acids is 1. The Morgan fingerprint density at radius 1 is 1.23 bits per heavy atom. The van der Waals surface area contributed by atoms with Crippen molar-refractivity contribution in [1.82, 2.24) is 4.90 Å². The second-order valence-corrected chi connectivity index (χ2v) is 8.42. The Labute approximate surface area is 184 Å². The first-order valence-corrected chi connectivity index (χ1v) is 10.1. The summed E-state index contributed by atoms with van der Waals surface area (Å²) in [5.41, 5.74) is -0.597. The molecule has 1 aliphatic rings. The SMILES string of the molecule is C=C(CC(ON)(c1cc(C)cc(Cl)c1)C(F)(F)F)c1ccc(C2CN(C(C)=O)C2)cc1. The monoisotopic (exact) mass is 452 g/mol. The molecule has 3 rings (SSSR count). The van der Waals surface area contributed by atoms with Crippen LogP contribution in [0.25, 0.3) is 5.57 Å². The summed E-state index contributed by atoms with van der Waals surface area (Å²) in [7, 11) is 0. The van der Waals surface area contributed by atoms with Crippen molar-refractivity contribution < 1.29 is 22.8 Å². The van der Waals surface area contributed by atoms with Gasteiger partial charge in [0, 0.05) is 37.4 Å². The summed E-state index contributed by atoms with van der Waals surface area (Å²) in [4.78, 5) is 17.7. The molecule has 2 N–H and O–H groups in total. The van der Waals surface area contributed by atoms with E-state index >= 15 is 0 Å². The maximum absolute atomic E-state index is 14.2. The molecule has 2 aromatic rings. The van der Waals surface area contributed by atoms with Crippen LogP contribution in [0.3, 0.4) is 0 Å². The number of hydrogen-bond donors (Lipinski definition) is 1. The van der Waals surface area contributed by atoms with Crippen LogP contribution in [0.15, 0.2) is 49.0 Å². The third-order valence-corrected chi connectivity index (χ3v) is 5.97. The fourth-order valence-corrected chi connectivity index (χ4v) is 4.14. The van der Waals surface area contributed by atoms with Gasteiger partial charge in [-0.05, 0) is 46.9 Å². The standard InChI is InChI=1S/C23H24ClF3N2O2/c1-14-8-20(10-21(24)9-14)22(31-28,23(25,26)27)11-15(2)17-4-6-18(7-5-17)19-12-29(13-19)16(3)30/h4-10,19H,2,11-13,28H2,1,3H3. The summed E-state index contributed by atoms with van der Waals surface area (Å²) in [6.45, 7) is 8.32. The highest BCUT2D eigenvalue weighted by Crippen LogP contribution is 2.47. The van der Waals surface area contributed by atoms with Crippen molar-refractivity contribution in [3.8, 4) is 0 Å². The van der Waals surface area contributed by atoms with Gasteiger partial charge in [0.05, 0.1) is 0 Å². The summed E-state index contributed by atoms with van der Waals surface area (Å²) in [5.74, 6) is 5.50. The smallest absolute Gasteiger partial charge is 0.342 e. The summed E-state index contributed by atoms with van der Waals surface area (Å²) in [6, 6.07) is 11.3. The van der Waals surface area contributed by atoms with Gasteiger partial charge in [-0.1, -0.05) is 48.5 Å². The van der Waals surface area contributed by atoms with Crippen LogP contribution in [0.2, 0.25) is 5.02 Å². The molecule has 1 fully saturated rings. The second-order valence-electron chi connectivity index (χ2n) is 7.98. The van der Waals surface area contributed by atoms with Crippen molar-refractivity contribution in [2.75, 3.05) is 13.1 Å². The minimum atomic E-state index is -4.80. The quantitative estimate of drug-likeness (QED) is 0.601. The van der Waals surface area contributed by atoms with Gasteiger partial charge in [0.15, 0.2) is 0 Å². The number of hydrogen-bond acceptors (Lipinski definition) is 3. The molecule has 1 unspecified atom stereocenters. The van der Waals surface area contributed by atoms with Gasteiger partial charge in [0.2, 0.25) is 11.5 Å². The number of alkyl halides is 3. The van der Waals surface area contributed by atoms with Crippen molar-refractivity contribution in [2.24, 2.45) is 5.90 Å². The van der Waals surface area contributed by atoms with Gasteiger partial charge in [-0.3, -0.25) is 9.63 Å². The maximum Gasteiger partial charge on any atom is 0.424 e. The highest BCUT2D eigenvalue weighted by atomic mass is 35.5. The molecule has 1 saturated heterocycles. The first-order valence-electron chi connectivity index (χ1n) is 9.73. The van der Waals surface area contributed by atoms with E-state index in [4.69, 9.17) is 17.5 Å². The van der Waals surface area contributed by atoms with E-state index in [0.29, 0.717) is 24.2 Å². The first kappa shape index (κ1) is 23.3. The van der Waals surface area contributed by atoms with Crippen LogP contribution in [-0.2, 0) is 15.2 Å². The minimum Gasteiger partial charge on any atom is -0.342 e. The minimum absolute atomic E-state index is 0.0303. The Balaban J connectivity index is 1.85. The lowest BCUT2D eigenvalue weighted by molar-refractivity contribution is -0.285. The highest BCUT2D eigenvalue weighted by molar-refractivity contribution is 6.30. The molecule has 2 aromatic carbocycles. The second kappa shape index (κ2) is 8.65. The fraction of sp³-hybridized carbons (Fsp3) is 0.348. The molecule has 1 amide bonds. The van der Waals surface area contributed by atoms with Crippen molar-refractivity contribution >= 4 is 23.1 Å². The Bertz CT molecular complexity index is 965. The molecule has 166 valence electrons. The zero-order valence-corrected chi connectivity index (χ0v) is 18.1. The molecule has 0 radical (unpaired) electrons. The highest BCUT2D eigenvalue weighted by Gasteiger charge is 2.58. The zero-order valence-electron chi connectivity index (χ0n) is 17.3. The largest absolute Gasteiger partial charge is 0.424 e. The third kappa shape index (κ3) is 4.63. The van der Waals surface area contributed by atoms with Crippen LogP contribution >= 0.6 is 11.6 Å². The van der Waals surface area contributed by atoms with Gasteiger partial charge in [0.25, 0.3) is 0 Å². The summed E-state index contributed by atoms with van der Waals surface area (Å²) in [6.07, 6.45) is -5.39. The Hall–Kier alpha value is -2.35. The molecule has 31 heavy (non-hydrogen) atoms. The van der Waals surface area contributed by atoms with E-state index in [1.165, 1.54) is 19.1 Å². The molecule has 1 aliphatic heterocycles. The lowest BCUT2D eigenvalue weighted by atomic mass is 9.83. The molecule has 0 spiro atoms. The lowest BCUT2D eigenvalue weighted by Gasteiger charge is -2.39. The lowest BCUT2D eigenvalue weighted by Crippen LogP contribution is -2.47. The molecule has 0 saturated carbocycles. The fourth-order valence-electron chi connectivity index (χ4n) is 3.85. The predicted molar refractivity (Wildman–Crippen MR) is 114 cm³/mol. The Kier molecular flexibility index (Phi) is 6.51. The van der Waals surface area contributed by atoms with Crippen LogP contribution in [0.1, 0.15) is 41.5 Å². The summed E-state index contributed by atoms with van der Waals surface area (Å²) >= 11 is 6.00. The number of carbonyl (C=O) groups is 1. The first-order chi connectivity index (χ1) is 14.5. The number of nitrogens with zero attached hydrogens (tertiary/aromatic N) is 1. The number of benzene rings is 2. The van der Waals surface area contributed by atoms with Gasteiger partial charge < -0.3 is 4.90 Å². The molecule has 0 aliphatic carbocycles. The van der Waals surface area contributed by atoms with E-state index < -0.39 is 18.2 Å². The number of nitrogens with two attached hydrogens (primary N) is 1. The van der Waals surface area contributed by atoms with Crippen molar-refractivity contribution in [3.63, 3.8) is 0 Å². The van der Waals surface area contributed by atoms with Crippen LogP contribution < -0.4 is 5.90 Å². The van der Waals surface area contributed by atoms with E-state index in [0.717, 1.165) is 5.56 Å². The van der Waals surface area contributed by atoms with E-state index in [1.54, 1.807) is 30.0 Å². The van der Waals surface area contributed by atoms with E-state index in [2.05, 4.69) is 11.4 Å². The molecule has 0 bridgehead atoms. The van der Waals surface area contributed by atoms with E-state index in [1.807, 2.05) is 12.1 Å².